The van der Waals surface area contributed by atoms with Crippen LogP contribution in [0.1, 0.15) is 111 Å². The normalized spacial score (nSPS) is 12.3. The number of likely N-dealkylation sites (N-methyl/N-ethyl adjacent to an activating group) is 2. The monoisotopic (exact) mass is 381 g/mol. The summed E-state index contributed by atoms with van der Waals surface area (Å²) in [6.45, 7) is 13.4. The predicted octanol–water partition coefficient (Wildman–Crippen LogP) is 7.10. The van der Waals surface area contributed by atoms with Crippen LogP contribution >= 0.6 is 0 Å². The van der Waals surface area contributed by atoms with E-state index in [1.54, 1.807) is 0 Å². The summed E-state index contributed by atoms with van der Waals surface area (Å²) in [5.41, 5.74) is 0. The molecule has 0 aromatic heterocycles. The molecule has 0 aromatic rings. The van der Waals surface area contributed by atoms with Gasteiger partial charge in [-0.2, -0.15) is 0 Å². The Balaban J connectivity index is 3.44. The minimum Gasteiger partial charge on any atom is -0.323 e. The summed E-state index contributed by atoms with van der Waals surface area (Å²) >= 11 is 0. The molecule has 0 rings (SSSR count). The van der Waals surface area contributed by atoms with Crippen molar-refractivity contribution in [3.05, 3.63) is 12.2 Å². The fourth-order valence-corrected chi connectivity index (χ4v) is 4.01. The zero-order valence-corrected chi connectivity index (χ0v) is 19.5. The smallest absolute Gasteiger partial charge is 0.0913 e. The molecule has 0 unspecified atom stereocenters. The third-order valence-corrected chi connectivity index (χ3v) is 6.32. The first-order chi connectivity index (χ1) is 13.2. The van der Waals surface area contributed by atoms with Gasteiger partial charge in [0.1, 0.15) is 0 Å². The van der Waals surface area contributed by atoms with Crippen LogP contribution in [0.25, 0.3) is 0 Å². The average Bonchev–Trinajstić information content (AvgIpc) is 2.70. The Labute approximate surface area is 172 Å². The Morgan fingerprint density at radius 3 is 1.56 bits per heavy atom. The molecule has 2 nitrogen and oxygen atoms in total. The maximum atomic E-state index is 3.33. The quantitative estimate of drug-likeness (QED) is 0.127. The minimum absolute atomic E-state index is 1.15. The summed E-state index contributed by atoms with van der Waals surface area (Å²) in [6.07, 6.45) is 24.4. The van der Waals surface area contributed by atoms with Crippen LogP contribution in [0.3, 0.4) is 0 Å². The summed E-state index contributed by atoms with van der Waals surface area (Å²) in [6, 6.07) is 0. The second kappa shape index (κ2) is 20.4. The number of nitrogens with one attached hydrogen (secondary N) is 1. The van der Waals surface area contributed by atoms with Crippen molar-refractivity contribution in [3.8, 4) is 0 Å². The van der Waals surface area contributed by atoms with Crippen molar-refractivity contribution in [3.63, 3.8) is 0 Å². The van der Waals surface area contributed by atoms with Gasteiger partial charge in [0, 0.05) is 6.54 Å². The van der Waals surface area contributed by atoms with Crippen LogP contribution in [0.2, 0.25) is 0 Å². The Hall–Kier alpha value is -0.340. The summed E-state index contributed by atoms with van der Waals surface area (Å²) in [4.78, 5) is 0. The number of hydrogen-bond acceptors (Lipinski definition) is 1. The summed E-state index contributed by atoms with van der Waals surface area (Å²) in [7, 11) is 2.07. The van der Waals surface area contributed by atoms with Crippen LogP contribution in [0, 0.1) is 0 Å². The molecule has 27 heavy (non-hydrogen) atoms. The molecule has 0 aliphatic carbocycles. The molecule has 1 N–H and O–H groups in total. The molecule has 0 aliphatic rings. The van der Waals surface area contributed by atoms with Crippen molar-refractivity contribution >= 4 is 0 Å². The van der Waals surface area contributed by atoms with Gasteiger partial charge in [0.15, 0.2) is 0 Å². The van der Waals surface area contributed by atoms with E-state index in [1.165, 1.54) is 121 Å². The lowest BCUT2D eigenvalue weighted by Gasteiger charge is -2.37. The van der Waals surface area contributed by atoms with Crippen molar-refractivity contribution in [1.82, 2.24) is 5.32 Å². The van der Waals surface area contributed by atoms with Gasteiger partial charge in [-0.25, -0.2) is 0 Å². The molecule has 0 aliphatic heterocycles. The van der Waals surface area contributed by atoms with Gasteiger partial charge in [-0.3, -0.25) is 0 Å². The predicted molar refractivity (Wildman–Crippen MR) is 124 cm³/mol. The van der Waals surface area contributed by atoms with Crippen LogP contribution in [0.5, 0.6) is 0 Å². The van der Waals surface area contributed by atoms with Crippen LogP contribution in [0.15, 0.2) is 12.2 Å². The van der Waals surface area contributed by atoms with Crippen LogP contribution in [0.4, 0.5) is 0 Å². The van der Waals surface area contributed by atoms with Crippen LogP contribution in [-0.2, 0) is 0 Å². The summed E-state index contributed by atoms with van der Waals surface area (Å²) in [5.74, 6) is 0. The van der Waals surface area contributed by atoms with Crippen molar-refractivity contribution in [2.75, 3.05) is 39.8 Å². The van der Waals surface area contributed by atoms with E-state index < -0.39 is 0 Å². The van der Waals surface area contributed by atoms with E-state index in [0.717, 1.165) is 6.54 Å². The molecular formula is C25H53N2+. The van der Waals surface area contributed by atoms with Crippen LogP contribution < -0.4 is 5.32 Å². The molecule has 0 radical (unpaired) electrons. The highest BCUT2D eigenvalue weighted by atomic mass is 15.3. The van der Waals surface area contributed by atoms with E-state index in [4.69, 9.17) is 0 Å². The van der Waals surface area contributed by atoms with Crippen molar-refractivity contribution in [2.24, 2.45) is 0 Å². The zero-order valence-electron chi connectivity index (χ0n) is 19.5. The SMILES string of the molecule is CCCCCCCCC=CCCCCCCCC[N+](CC)(CC)CCNC. The van der Waals surface area contributed by atoms with E-state index in [2.05, 4.69) is 45.3 Å². The number of hydrogen-bond donors (Lipinski definition) is 1. The summed E-state index contributed by atoms with van der Waals surface area (Å²) in [5, 5.41) is 3.33. The zero-order chi connectivity index (χ0) is 20.1. The van der Waals surface area contributed by atoms with Crippen molar-refractivity contribution in [2.45, 2.75) is 111 Å². The Kier molecular flexibility index (Phi) is 20.1. The molecule has 162 valence electrons. The molecule has 2 heteroatoms. The van der Waals surface area contributed by atoms with Gasteiger partial charge < -0.3 is 9.80 Å². The van der Waals surface area contributed by atoms with Crippen molar-refractivity contribution in [1.29, 1.82) is 0 Å². The summed E-state index contributed by atoms with van der Waals surface area (Å²) < 4.78 is 1.30. The molecule has 0 spiro atoms. The molecule has 0 saturated carbocycles. The first-order valence-electron chi connectivity index (χ1n) is 12.4. The van der Waals surface area contributed by atoms with Gasteiger partial charge in [0.05, 0.1) is 26.2 Å². The van der Waals surface area contributed by atoms with Crippen LogP contribution in [-0.4, -0.2) is 44.3 Å². The van der Waals surface area contributed by atoms with Gasteiger partial charge in [0.2, 0.25) is 0 Å². The van der Waals surface area contributed by atoms with Gasteiger partial charge in [0.25, 0.3) is 0 Å². The third-order valence-electron chi connectivity index (χ3n) is 6.32. The van der Waals surface area contributed by atoms with E-state index in [9.17, 15) is 0 Å². The number of quaternary nitrogens is 1. The van der Waals surface area contributed by atoms with E-state index >= 15 is 0 Å². The van der Waals surface area contributed by atoms with E-state index in [0.29, 0.717) is 0 Å². The number of allylic oxidation sites excluding steroid dienone is 2. The van der Waals surface area contributed by atoms with Gasteiger partial charge in [-0.15, -0.1) is 0 Å². The Morgan fingerprint density at radius 1 is 0.593 bits per heavy atom. The second-order valence-electron chi connectivity index (χ2n) is 8.46. The minimum atomic E-state index is 1.15. The largest absolute Gasteiger partial charge is 0.323 e. The second-order valence-corrected chi connectivity index (χ2v) is 8.46. The standard InChI is InChI=1S/C25H53N2/c1-5-8-9-10-11-12-13-14-15-16-17-18-19-20-21-22-24-27(6-2,7-3)25-23-26-4/h14-15,26H,5-13,16-25H2,1-4H3/q+1. The first kappa shape index (κ1) is 26.7. The molecule has 0 aromatic carbocycles. The maximum absolute atomic E-state index is 3.33. The fraction of sp³-hybridized carbons (Fsp3) is 0.920. The number of rotatable bonds is 21. The lowest BCUT2D eigenvalue weighted by molar-refractivity contribution is -0.924. The molecular weight excluding hydrogens is 328 g/mol. The highest BCUT2D eigenvalue weighted by Gasteiger charge is 2.21. The third kappa shape index (κ3) is 16.3. The lowest BCUT2D eigenvalue weighted by Crippen LogP contribution is -2.51. The van der Waals surface area contributed by atoms with Gasteiger partial charge in [-0.05, 0) is 59.4 Å². The number of unbranched alkanes of at least 4 members (excludes halogenated alkanes) is 12. The number of nitrogens with zero attached hydrogens (tertiary/aromatic N) is 1. The molecule has 0 atom stereocenters. The highest BCUT2D eigenvalue weighted by Crippen LogP contribution is 2.13. The first-order valence-corrected chi connectivity index (χ1v) is 12.4. The molecule has 0 heterocycles. The van der Waals surface area contributed by atoms with E-state index in [1.807, 2.05) is 0 Å². The Morgan fingerprint density at radius 2 is 1.07 bits per heavy atom. The molecule has 0 saturated heterocycles. The lowest BCUT2D eigenvalue weighted by atomic mass is 10.1. The van der Waals surface area contributed by atoms with Gasteiger partial charge >= 0.3 is 0 Å². The maximum Gasteiger partial charge on any atom is 0.0913 e. The van der Waals surface area contributed by atoms with E-state index in [-0.39, 0.29) is 0 Å². The fourth-order valence-electron chi connectivity index (χ4n) is 4.01. The highest BCUT2D eigenvalue weighted by molar-refractivity contribution is 4.81. The molecule has 0 fully saturated rings. The molecule has 0 amide bonds. The average molecular weight is 382 g/mol. The van der Waals surface area contributed by atoms with Gasteiger partial charge in [-0.1, -0.05) is 70.4 Å². The topological polar surface area (TPSA) is 12.0 Å². The van der Waals surface area contributed by atoms with Crippen molar-refractivity contribution < 1.29 is 4.48 Å². The Bertz CT molecular complexity index is 307. The molecule has 0 bridgehead atoms.